The van der Waals surface area contributed by atoms with Gasteiger partial charge < -0.3 is 0 Å². The van der Waals surface area contributed by atoms with Gasteiger partial charge in [0.15, 0.2) is 0 Å². The van der Waals surface area contributed by atoms with Crippen LogP contribution in [0.5, 0.6) is 0 Å². The van der Waals surface area contributed by atoms with Gasteiger partial charge in [-0.15, -0.1) is 0 Å². The molecule has 0 N–H and O–H groups in total. The van der Waals surface area contributed by atoms with Crippen molar-refractivity contribution in [3.05, 3.63) is 99.2 Å². The monoisotopic (exact) mass is 484 g/mol. The van der Waals surface area contributed by atoms with Crippen molar-refractivity contribution in [2.45, 2.75) is 18.9 Å². The van der Waals surface area contributed by atoms with Gasteiger partial charge in [-0.25, -0.2) is 8.78 Å². The molecule has 3 aromatic carbocycles. The standard InChI is InChI=1S/C23H12F8N2O/c24-17-10-13(22(26,27)28)9-8-12(17)11-33-18-7-2-1-4-14(18)21(34)20(32-33)15-5-3-6-16(19(15)25)23(29,30)31/h1-10H,11H2. The van der Waals surface area contributed by atoms with Gasteiger partial charge in [-0.05, 0) is 36.4 Å². The lowest BCUT2D eigenvalue weighted by molar-refractivity contribution is -0.140. The number of aromatic nitrogens is 2. The molecule has 0 radical (unpaired) electrons. The second kappa shape index (κ2) is 8.23. The molecule has 4 aromatic rings. The zero-order chi connectivity index (χ0) is 24.8. The average molecular weight is 484 g/mol. The summed E-state index contributed by atoms with van der Waals surface area (Å²) in [6.07, 6.45) is -9.80. The first-order valence-corrected chi connectivity index (χ1v) is 9.59. The molecule has 176 valence electrons. The third kappa shape index (κ3) is 4.25. The summed E-state index contributed by atoms with van der Waals surface area (Å²) in [5.74, 6) is -2.91. The Kier molecular flexibility index (Phi) is 5.66. The molecule has 0 aliphatic rings. The highest BCUT2D eigenvalue weighted by Gasteiger charge is 2.35. The van der Waals surface area contributed by atoms with Crippen molar-refractivity contribution in [2.75, 3.05) is 0 Å². The summed E-state index contributed by atoms with van der Waals surface area (Å²) in [5.41, 5.74) is -5.15. The molecule has 0 saturated heterocycles. The molecule has 0 aliphatic heterocycles. The fourth-order valence-electron chi connectivity index (χ4n) is 3.48. The maximum Gasteiger partial charge on any atom is 0.419 e. The van der Waals surface area contributed by atoms with Gasteiger partial charge in [-0.1, -0.05) is 24.3 Å². The van der Waals surface area contributed by atoms with Crippen molar-refractivity contribution in [3.63, 3.8) is 0 Å². The molecule has 4 rings (SSSR count). The van der Waals surface area contributed by atoms with Gasteiger partial charge in [0.2, 0.25) is 5.43 Å². The maximum absolute atomic E-state index is 14.7. The largest absolute Gasteiger partial charge is 0.419 e. The molecule has 1 aromatic heterocycles. The van der Waals surface area contributed by atoms with Gasteiger partial charge in [0.1, 0.15) is 17.3 Å². The van der Waals surface area contributed by atoms with Gasteiger partial charge in [-0.2, -0.15) is 31.4 Å². The van der Waals surface area contributed by atoms with E-state index < -0.39 is 58.3 Å². The summed E-state index contributed by atoms with van der Waals surface area (Å²) in [6, 6.07) is 9.93. The zero-order valence-electron chi connectivity index (χ0n) is 16.8. The third-order valence-corrected chi connectivity index (χ3v) is 5.12. The maximum atomic E-state index is 14.7. The van der Waals surface area contributed by atoms with Gasteiger partial charge in [0.05, 0.1) is 23.2 Å². The van der Waals surface area contributed by atoms with Crippen LogP contribution >= 0.6 is 0 Å². The van der Waals surface area contributed by atoms with E-state index in [9.17, 15) is 39.9 Å². The molecule has 0 atom stereocenters. The Balaban J connectivity index is 1.91. The first-order chi connectivity index (χ1) is 15.9. The van der Waals surface area contributed by atoms with Crippen LogP contribution in [0.2, 0.25) is 0 Å². The fourth-order valence-corrected chi connectivity index (χ4v) is 3.48. The van der Waals surface area contributed by atoms with Crippen LogP contribution in [0.3, 0.4) is 0 Å². The summed E-state index contributed by atoms with van der Waals surface area (Å²) >= 11 is 0. The van der Waals surface area contributed by atoms with Crippen molar-refractivity contribution in [3.8, 4) is 11.3 Å². The second-order valence-corrected chi connectivity index (χ2v) is 7.32. The van der Waals surface area contributed by atoms with Crippen LogP contribution in [0.4, 0.5) is 35.1 Å². The van der Waals surface area contributed by atoms with Crippen LogP contribution in [0.15, 0.2) is 65.5 Å². The Hall–Kier alpha value is -3.76. The van der Waals surface area contributed by atoms with E-state index in [-0.39, 0.29) is 16.5 Å². The molecule has 0 spiro atoms. The minimum absolute atomic E-state index is 0.0448. The highest BCUT2D eigenvalue weighted by atomic mass is 19.4. The van der Waals surface area contributed by atoms with E-state index >= 15 is 0 Å². The normalized spacial score (nSPS) is 12.4. The van der Waals surface area contributed by atoms with Crippen molar-refractivity contribution in [1.29, 1.82) is 0 Å². The highest BCUT2D eigenvalue weighted by Crippen LogP contribution is 2.35. The Labute approximate surface area is 185 Å². The summed E-state index contributed by atoms with van der Waals surface area (Å²) < 4.78 is 108. The van der Waals surface area contributed by atoms with Crippen LogP contribution in [-0.4, -0.2) is 9.78 Å². The number of benzene rings is 3. The van der Waals surface area contributed by atoms with Gasteiger partial charge in [0, 0.05) is 16.5 Å². The lowest BCUT2D eigenvalue weighted by atomic mass is 10.0. The smallest absolute Gasteiger partial charge is 0.287 e. The van der Waals surface area contributed by atoms with Crippen molar-refractivity contribution in [1.82, 2.24) is 9.78 Å². The summed E-state index contributed by atoms with van der Waals surface area (Å²) in [5, 5.41) is 3.93. The van der Waals surface area contributed by atoms with Crippen LogP contribution in [0.25, 0.3) is 22.2 Å². The Morgan fingerprint density at radius 3 is 2.18 bits per heavy atom. The molecule has 34 heavy (non-hydrogen) atoms. The van der Waals surface area contributed by atoms with E-state index in [1.165, 1.54) is 24.3 Å². The highest BCUT2D eigenvalue weighted by molar-refractivity contribution is 5.82. The first kappa shape index (κ1) is 23.4. The Morgan fingerprint density at radius 2 is 1.53 bits per heavy atom. The molecular formula is C23H12F8N2O. The van der Waals surface area contributed by atoms with Crippen molar-refractivity contribution < 1.29 is 35.1 Å². The minimum Gasteiger partial charge on any atom is -0.287 e. The number of fused-ring (bicyclic) bond motifs is 1. The number of nitrogens with zero attached hydrogens (tertiary/aromatic N) is 2. The number of halogens is 8. The Morgan fingerprint density at radius 1 is 0.824 bits per heavy atom. The lowest BCUT2D eigenvalue weighted by Gasteiger charge is -2.15. The van der Waals surface area contributed by atoms with Gasteiger partial charge in [-0.3, -0.25) is 9.48 Å². The number of alkyl halides is 6. The van der Waals surface area contributed by atoms with E-state index in [4.69, 9.17) is 0 Å². The van der Waals surface area contributed by atoms with E-state index in [1.807, 2.05) is 0 Å². The fraction of sp³-hybridized carbons (Fsp3) is 0.130. The number of hydrogen-bond donors (Lipinski definition) is 0. The molecule has 0 aliphatic carbocycles. The quantitative estimate of drug-likeness (QED) is 0.314. The predicted molar refractivity (Wildman–Crippen MR) is 107 cm³/mol. The molecule has 0 unspecified atom stereocenters. The average Bonchev–Trinajstić information content (AvgIpc) is 2.76. The summed E-state index contributed by atoms with van der Waals surface area (Å²) in [6.45, 7) is -0.474. The van der Waals surface area contributed by atoms with E-state index in [0.29, 0.717) is 18.2 Å². The minimum atomic E-state index is -5.03. The van der Waals surface area contributed by atoms with Crippen LogP contribution in [-0.2, 0) is 18.9 Å². The molecule has 1 heterocycles. The predicted octanol–water partition coefficient (Wildman–Crippen LogP) is 6.43. The molecule has 0 saturated carbocycles. The van der Waals surface area contributed by atoms with E-state index in [1.54, 1.807) is 0 Å². The molecule has 0 bridgehead atoms. The van der Waals surface area contributed by atoms with E-state index in [0.717, 1.165) is 22.9 Å². The summed E-state index contributed by atoms with van der Waals surface area (Å²) in [4.78, 5) is 12.9. The number of para-hydroxylation sites is 1. The number of rotatable bonds is 3. The molecule has 0 amide bonds. The van der Waals surface area contributed by atoms with Crippen LogP contribution < -0.4 is 5.43 Å². The Bertz CT molecular complexity index is 1450. The lowest BCUT2D eigenvalue weighted by Crippen LogP contribution is -2.19. The second-order valence-electron chi connectivity index (χ2n) is 7.32. The summed E-state index contributed by atoms with van der Waals surface area (Å²) in [7, 11) is 0. The van der Waals surface area contributed by atoms with Crippen LogP contribution in [0, 0.1) is 11.6 Å². The third-order valence-electron chi connectivity index (χ3n) is 5.12. The zero-order valence-corrected chi connectivity index (χ0v) is 16.8. The molecule has 3 nitrogen and oxygen atoms in total. The number of hydrogen-bond acceptors (Lipinski definition) is 2. The SMILES string of the molecule is O=c1c(-c2cccc(C(F)(F)F)c2F)nn(Cc2ccc(C(F)(F)F)cc2F)c2ccccc12. The molecule has 11 heteroatoms. The van der Waals surface area contributed by atoms with Gasteiger partial charge in [0.25, 0.3) is 0 Å². The first-order valence-electron chi connectivity index (χ1n) is 9.59. The topological polar surface area (TPSA) is 34.9 Å². The van der Waals surface area contributed by atoms with Crippen molar-refractivity contribution >= 4 is 10.9 Å². The molecular weight excluding hydrogens is 472 g/mol. The van der Waals surface area contributed by atoms with Gasteiger partial charge >= 0.3 is 12.4 Å². The van der Waals surface area contributed by atoms with Crippen LogP contribution in [0.1, 0.15) is 16.7 Å². The van der Waals surface area contributed by atoms with E-state index in [2.05, 4.69) is 5.10 Å². The molecule has 0 fully saturated rings. The van der Waals surface area contributed by atoms with Crippen molar-refractivity contribution in [2.24, 2.45) is 0 Å².